The molecule has 0 aliphatic rings. The van der Waals surface area contributed by atoms with Gasteiger partial charge in [-0.3, -0.25) is 0 Å². The van der Waals surface area contributed by atoms with E-state index in [9.17, 15) is 4.79 Å². The lowest BCUT2D eigenvalue weighted by atomic mass is 10.2. The summed E-state index contributed by atoms with van der Waals surface area (Å²) in [6.07, 6.45) is -1.14. The van der Waals surface area contributed by atoms with Crippen LogP contribution in [0.2, 0.25) is 18.1 Å². The second kappa shape index (κ2) is 5.65. The first-order valence-corrected chi connectivity index (χ1v) is 8.25. The zero-order valence-electron chi connectivity index (χ0n) is 10.7. The summed E-state index contributed by atoms with van der Waals surface area (Å²) in [6.45, 7) is 10.5. The van der Waals surface area contributed by atoms with Crippen LogP contribution in [0.4, 0.5) is 4.79 Å². The number of hydrogen-bond donors (Lipinski definition) is 3. The van der Waals surface area contributed by atoms with E-state index in [4.69, 9.17) is 14.6 Å². The Balaban J connectivity index is 4.26. The molecule has 0 aromatic rings. The van der Waals surface area contributed by atoms with Gasteiger partial charge in [0.25, 0.3) is 0 Å². The van der Waals surface area contributed by atoms with E-state index in [1.54, 1.807) is 0 Å². The molecule has 0 aromatic heterocycles. The molecule has 0 saturated carbocycles. The molecule has 3 N–H and O–H groups in total. The van der Waals surface area contributed by atoms with Crippen molar-refractivity contribution in [2.45, 2.75) is 44.9 Å². The topological polar surface area (TPSA) is 78.8 Å². The fourth-order valence-corrected chi connectivity index (χ4v) is 1.89. The van der Waals surface area contributed by atoms with Gasteiger partial charge < -0.3 is 20.0 Å². The van der Waals surface area contributed by atoms with Gasteiger partial charge >= 0.3 is 6.09 Å². The number of rotatable bonds is 5. The van der Waals surface area contributed by atoms with E-state index in [-0.39, 0.29) is 18.3 Å². The lowest BCUT2D eigenvalue weighted by Crippen LogP contribution is -2.47. The van der Waals surface area contributed by atoms with Crippen LogP contribution in [-0.4, -0.2) is 43.9 Å². The molecule has 0 heterocycles. The Kier molecular flexibility index (Phi) is 5.44. The highest BCUT2D eigenvalue weighted by Crippen LogP contribution is 2.36. The van der Waals surface area contributed by atoms with Crippen molar-refractivity contribution in [3.05, 3.63) is 0 Å². The third-order valence-corrected chi connectivity index (χ3v) is 7.50. The zero-order chi connectivity index (χ0) is 13.0. The Morgan fingerprint density at radius 2 is 1.94 bits per heavy atom. The molecule has 96 valence electrons. The molecular weight excluding hydrogens is 226 g/mol. The zero-order valence-corrected chi connectivity index (χ0v) is 11.7. The normalized spacial score (nSPS) is 14.6. The molecule has 0 saturated heterocycles. The number of carbonyl (C=O) groups is 1. The molecule has 0 unspecified atom stereocenters. The highest BCUT2D eigenvalue weighted by Gasteiger charge is 2.37. The molecule has 1 atom stereocenters. The Hall–Kier alpha value is -0.593. The third-order valence-electron chi connectivity index (χ3n) is 3.00. The first-order chi connectivity index (χ1) is 7.10. The van der Waals surface area contributed by atoms with E-state index < -0.39 is 20.5 Å². The summed E-state index contributed by atoms with van der Waals surface area (Å²) in [5.74, 6) is 0. The number of hydrogen-bond acceptors (Lipinski definition) is 3. The van der Waals surface area contributed by atoms with Crippen LogP contribution in [0, 0.1) is 0 Å². The van der Waals surface area contributed by atoms with Gasteiger partial charge in [-0.2, -0.15) is 0 Å². The fraction of sp³-hybridized carbons (Fsp3) is 0.900. The van der Waals surface area contributed by atoms with Gasteiger partial charge in [0, 0.05) is 0 Å². The summed E-state index contributed by atoms with van der Waals surface area (Å²) in [6, 6.07) is -0.549. The number of aliphatic hydroxyl groups excluding tert-OH is 1. The van der Waals surface area contributed by atoms with Crippen molar-refractivity contribution in [1.29, 1.82) is 0 Å². The van der Waals surface area contributed by atoms with Gasteiger partial charge in [-0.25, -0.2) is 4.79 Å². The summed E-state index contributed by atoms with van der Waals surface area (Å²) in [7, 11) is -1.88. The van der Waals surface area contributed by atoms with Gasteiger partial charge in [-0.1, -0.05) is 20.8 Å². The lowest BCUT2D eigenvalue weighted by Gasteiger charge is -2.37. The predicted octanol–water partition coefficient (Wildman–Crippen LogP) is 1.64. The largest absolute Gasteiger partial charge is 0.465 e. The highest BCUT2D eigenvalue weighted by molar-refractivity contribution is 6.74. The van der Waals surface area contributed by atoms with Gasteiger partial charge in [-0.15, -0.1) is 0 Å². The molecule has 0 aliphatic heterocycles. The van der Waals surface area contributed by atoms with E-state index in [2.05, 4.69) is 39.2 Å². The maximum absolute atomic E-state index is 10.4. The average Bonchev–Trinajstić information content (AvgIpc) is 2.09. The van der Waals surface area contributed by atoms with E-state index in [1.807, 2.05) is 0 Å². The van der Waals surface area contributed by atoms with Crippen molar-refractivity contribution in [3.8, 4) is 0 Å². The summed E-state index contributed by atoms with van der Waals surface area (Å²) >= 11 is 0. The number of amides is 1. The Labute approximate surface area is 97.9 Å². The SMILES string of the molecule is CC(C)(C)[Si](C)(C)OC[C@H](CO)NC(=O)O. The van der Waals surface area contributed by atoms with Crippen molar-refractivity contribution in [2.75, 3.05) is 13.2 Å². The smallest absolute Gasteiger partial charge is 0.405 e. The van der Waals surface area contributed by atoms with Gasteiger partial charge in [0.1, 0.15) is 0 Å². The maximum atomic E-state index is 10.4. The van der Waals surface area contributed by atoms with Crippen molar-refractivity contribution in [2.24, 2.45) is 0 Å². The minimum atomic E-state index is -1.88. The highest BCUT2D eigenvalue weighted by atomic mass is 28.4. The quantitative estimate of drug-likeness (QED) is 0.647. The molecule has 16 heavy (non-hydrogen) atoms. The van der Waals surface area contributed by atoms with E-state index in [1.165, 1.54) is 0 Å². The minimum Gasteiger partial charge on any atom is -0.465 e. The van der Waals surface area contributed by atoms with Crippen molar-refractivity contribution < 1.29 is 19.4 Å². The predicted molar refractivity (Wildman–Crippen MR) is 65.2 cm³/mol. The molecule has 0 radical (unpaired) electrons. The van der Waals surface area contributed by atoms with Crippen LogP contribution in [0.5, 0.6) is 0 Å². The number of carboxylic acid groups (broad SMARTS) is 1. The van der Waals surface area contributed by atoms with Gasteiger partial charge in [0.2, 0.25) is 0 Å². The standard InChI is InChI=1S/C10H23NO4Si/c1-10(2,3)16(4,5)15-7-8(6-12)11-9(13)14/h8,11-12H,6-7H2,1-5H3,(H,13,14)/t8-/m0/s1. The van der Waals surface area contributed by atoms with Gasteiger partial charge in [0.15, 0.2) is 8.32 Å². The van der Waals surface area contributed by atoms with E-state index in [0.29, 0.717) is 0 Å². The van der Waals surface area contributed by atoms with Gasteiger partial charge in [-0.05, 0) is 18.1 Å². The maximum Gasteiger partial charge on any atom is 0.405 e. The van der Waals surface area contributed by atoms with Crippen LogP contribution >= 0.6 is 0 Å². The van der Waals surface area contributed by atoms with Crippen molar-refractivity contribution >= 4 is 14.4 Å². The number of nitrogens with one attached hydrogen (secondary N) is 1. The van der Waals surface area contributed by atoms with Crippen LogP contribution in [0.3, 0.4) is 0 Å². The first-order valence-electron chi connectivity index (χ1n) is 5.34. The van der Waals surface area contributed by atoms with Crippen LogP contribution < -0.4 is 5.32 Å². The summed E-state index contributed by atoms with van der Waals surface area (Å²) in [5.41, 5.74) is 0. The lowest BCUT2D eigenvalue weighted by molar-refractivity contribution is 0.151. The Bertz CT molecular complexity index is 237. The van der Waals surface area contributed by atoms with E-state index >= 15 is 0 Å². The second-order valence-electron chi connectivity index (χ2n) is 5.40. The first kappa shape index (κ1) is 15.4. The summed E-state index contributed by atoms with van der Waals surface area (Å²) in [4.78, 5) is 10.4. The van der Waals surface area contributed by atoms with Crippen LogP contribution in [0.15, 0.2) is 0 Å². The molecule has 0 aliphatic carbocycles. The summed E-state index contributed by atoms with van der Waals surface area (Å²) < 4.78 is 5.80. The fourth-order valence-electron chi connectivity index (χ4n) is 0.840. The minimum absolute atomic E-state index is 0.0796. The molecular formula is C10H23NO4Si. The van der Waals surface area contributed by atoms with E-state index in [0.717, 1.165) is 0 Å². The third kappa shape index (κ3) is 4.96. The molecule has 6 heteroatoms. The van der Waals surface area contributed by atoms with Crippen molar-refractivity contribution in [1.82, 2.24) is 5.32 Å². The molecule has 0 rings (SSSR count). The van der Waals surface area contributed by atoms with Crippen LogP contribution in [-0.2, 0) is 4.43 Å². The summed E-state index contributed by atoms with van der Waals surface area (Å²) in [5, 5.41) is 19.8. The number of aliphatic hydroxyl groups is 1. The molecule has 0 bridgehead atoms. The molecule has 0 aromatic carbocycles. The molecule has 0 fully saturated rings. The van der Waals surface area contributed by atoms with Crippen LogP contribution in [0.25, 0.3) is 0 Å². The second-order valence-corrected chi connectivity index (χ2v) is 10.2. The monoisotopic (exact) mass is 249 g/mol. The Morgan fingerprint density at radius 3 is 2.25 bits per heavy atom. The molecule has 1 amide bonds. The average molecular weight is 249 g/mol. The van der Waals surface area contributed by atoms with Gasteiger partial charge in [0.05, 0.1) is 19.3 Å². The van der Waals surface area contributed by atoms with Crippen LogP contribution in [0.1, 0.15) is 20.8 Å². The Morgan fingerprint density at radius 1 is 1.44 bits per heavy atom. The molecule has 0 spiro atoms. The molecule has 5 nitrogen and oxygen atoms in total. The van der Waals surface area contributed by atoms with Crippen molar-refractivity contribution in [3.63, 3.8) is 0 Å².